The summed E-state index contributed by atoms with van der Waals surface area (Å²) in [5.41, 5.74) is 3.06. The first-order valence-corrected chi connectivity index (χ1v) is 8.90. The minimum Gasteiger partial charge on any atom is -0.373 e. The summed E-state index contributed by atoms with van der Waals surface area (Å²) in [6.07, 6.45) is 6.60. The molecule has 5 nitrogen and oxygen atoms in total. The zero-order valence-electron chi connectivity index (χ0n) is 14.2. The van der Waals surface area contributed by atoms with Crippen molar-refractivity contribution in [2.75, 3.05) is 30.8 Å². The number of piperidine rings is 1. The lowest BCUT2D eigenvalue weighted by molar-refractivity contribution is 0.158. The van der Waals surface area contributed by atoms with Gasteiger partial charge in [0.15, 0.2) is 0 Å². The van der Waals surface area contributed by atoms with E-state index in [1.807, 2.05) is 13.1 Å². The second-order valence-electron chi connectivity index (χ2n) is 6.82. The highest BCUT2D eigenvalue weighted by Crippen LogP contribution is 2.27. The van der Waals surface area contributed by atoms with E-state index in [0.29, 0.717) is 12.1 Å². The Morgan fingerprint density at radius 3 is 2.67 bits per heavy atom. The number of hydrogen-bond acceptors (Lipinski definition) is 5. The molecule has 1 atom stereocenters. The van der Waals surface area contributed by atoms with Crippen molar-refractivity contribution in [3.8, 4) is 0 Å². The molecule has 2 aliphatic rings. The van der Waals surface area contributed by atoms with E-state index >= 15 is 0 Å². The van der Waals surface area contributed by atoms with Gasteiger partial charge in [-0.1, -0.05) is 24.3 Å². The molecule has 1 fully saturated rings. The second-order valence-corrected chi connectivity index (χ2v) is 6.82. The number of aromatic nitrogens is 2. The maximum Gasteiger partial charge on any atom is 0.224 e. The topological polar surface area (TPSA) is 53.1 Å². The molecule has 1 aliphatic carbocycles. The van der Waals surface area contributed by atoms with Gasteiger partial charge >= 0.3 is 0 Å². The van der Waals surface area contributed by atoms with Gasteiger partial charge in [-0.2, -0.15) is 4.98 Å². The summed E-state index contributed by atoms with van der Waals surface area (Å²) in [6.45, 7) is 2.28. The van der Waals surface area contributed by atoms with Gasteiger partial charge in [0.25, 0.3) is 0 Å². The van der Waals surface area contributed by atoms with Gasteiger partial charge in [0, 0.05) is 31.9 Å². The third-order valence-electron chi connectivity index (χ3n) is 5.24. The first-order valence-electron chi connectivity index (χ1n) is 8.90. The Bertz CT molecular complexity index is 677. The molecule has 0 spiro atoms. The molecule has 1 unspecified atom stereocenters. The van der Waals surface area contributed by atoms with E-state index in [0.717, 1.165) is 18.3 Å². The molecule has 0 bridgehead atoms. The molecule has 2 N–H and O–H groups in total. The summed E-state index contributed by atoms with van der Waals surface area (Å²) in [4.78, 5) is 11.5. The third-order valence-corrected chi connectivity index (χ3v) is 5.24. The van der Waals surface area contributed by atoms with Gasteiger partial charge in [-0.15, -0.1) is 0 Å². The number of anilines is 2. The van der Waals surface area contributed by atoms with Crippen LogP contribution in [0.15, 0.2) is 36.5 Å². The van der Waals surface area contributed by atoms with Gasteiger partial charge in [0.05, 0.1) is 0 Å². The van der Waals surface area contributed by atoms with E-state index < -0.39 is 0 Å². The fourth-order valence-electron chi connectivity index (χ4n) is 4.00. The second kappa shape index (κ2) is 6.77. The van der Waals surface area contributed by atoms with Crippen LogP contribution in [-0.4, -0.2) is 47.1 Å². The van der Waals surface area contributed by atoms with Crippen molar-refractivity contribution in [2.24, 2.45) is 0 Å². The molecule has 5 heteroatoms. The molecule has 1 aliphatic heterocycles. The summed E-state index contributed by atoms with van der Waals surface area (Å²) in [6, 6.07) is 11.8. The smallest absolute Gasteiger partial charge is 0.224 e. The van der Waals surface area contributed by atoms with Crippen LogP contribution >= 0.6 is 0 Å². The molecular formula is C19H25N5. The van der Waals surface area contributed by atoms with E-state index in [1.54, 1.807) is 6.20 Å². The molecule has 4 rings (SSSR count). The van der Waals surface area contributed by atoms with Crippen molar-refractivity contribution in [3.05, 3.63) is 47.7 Å². The first-order chi connectivity index (χ1) is 11.8. The summed E-state index contributed by atoms with van der Waals surface area (Å²) in [7, 11) is 1.88. The maximum atomic E-state index is 4.49. The summed E-state index contributed by atoms with van der Waals surface area (Å²) in [5, 5.41) is 6.59. The molecule has 2 heterocycles. The van der Waals surface area contributed by atoms with Crippen LogP contribution in [0.3, 0.4) is 0 Å². The molecule has 1 saturated heterocycles. The van der Waals surface area contributed by atoms with Gasteiger partial charge in [-0.3, -0.25) is 4.90 Å². The summed E-state index contributed by atoms with van der Waals surface area (Å²) < 4.78 is 0. The van der Waals surface area contributed by atoms with Crippen molar-refractivity contribution in [3.63, 3.8) is 0 Å². The molecule has 0 saturated carbocycles. The Kier molecular flexibility index (Phi) is 4.34. The van der Waals surface area contributed by atoms with Crippen molar-refractivity contribution >= 4 is 11.8 Å². The fourth-order valence-corrected chi connectivity index (χ4v) is 4.00. The predicted molar refractivity (Wildman–Crippen MR) is 97.4 cm³/mol. The van der Waals surface area contributed by atoms with Crippen LogP contribution in [0.25, 0.3) is 0 Å². The molecule has 2 aromatic rings. The standard InChI is InChI=1S/C19H25N5/c1-20-18-8-9-21-19(23-18)22-16-7-4-10-24(13-16)17-11-14-5-2-3-6-15(14)12-17/h2-3,5-6,8-9,16-17H,4,7,10-13H2,1H3,(H2,20,21,22,23). The average molecular weight is 323 g/mol. The monoisotopic (exact) mass is 323 g/mol. The molecule has 126 valence electrons. The third kappa shape index (κ3) is 3.22. The number of nitrogens with zero attached hydrogens (tertiary/aromatic N) is 3. The lowest BCUT2D eigenvalue weighted by Gasteiger charge is -2.37. The van der Waals surface area contributed by atoms with Crippen LogP contribution in [0.2, 0.25) is 0 Å². The number of hydrogen-bond donors (Lipinski definition) is 2. The zero-order chi connectivity index (χ0) is 16.4. The Balaban J connectivity index is 1.39. The van der Waals surface area contributed by atoms with E-state index in [4.69, 9.17) is 0 Å². The maximum absolute atomic E-state index is 4.49. The number of benzene rings is 1. The van der Waals surface area contributed by atoms with Crippen LogP contribution in [0, 0.1) is 0 Å². The van der Waals surface area contributed by atoms with Gasteiger partial charge < -0.3 is 10.6 Å². The van der Waals surface area contributed by atoms with Gasteiger partial charge in [-0.05, 0) is 49.4 Å². The largest absolute Gasteiger partial charge is 0.373 e. The van der Waals surface area contributed by atoms with Gasteiger partial charge in [-0.25, -0.2) is 4.98 Å². The number of fused-ring (bicyclic) bond motifs is 1. The van der Waals surface area contributed by atoms with Crippen molar-refractivity contribution in [1.82, 2.24) is 14.9 Å². The molecular weight excluding hydrogens is 298 g/mol. The first kappa shape index (κ1) is 15.4. The van der Waals surface area contributed by atoms with Crippen molar-refractivity contribution < 1.29 is 0 Å². The SMILES string of the molecule is CNc1ccnc(NC2CCCN(C3Cc4ccccc4C3)C2)n1. The molecule has 0 radical (unpaired) electrons. The zero-order valence-corrected chi connectivity index (χ0v) is 14.2. The summed E-state index contributed by atoms with van der Waals surface area (Å²) >= 11 is 0. The highest BCUT2D eigenvalue weighted by atomic mass is 15.2. The van der Waals surface area contributed by atoms with E-state index in [1.165, 1.54) is 43.4 Å². The lowest BCUT2D eigenvalue weighted by atomic mass is 10.0. The number of nitrogens with one attached hydrogen (secondary N) is 2. The lowest BCUT2D eigenvalue weighted by Crippen LogP contribution is -2.47. The average Bonchev–Trinajstić information content (AvgIpc) is 3.06. The normalized spacial score (nSPS) is 21.5. The van der Waals surface area contributed by atoms with E-state index in [-0.39, 0.29) is 0 Å². The van der Waals surface area contributed by atoms with Gasteiger partial charge in [0.2, 0.25) is 5.95 Å². The van der Waals surface area contributed by atoms with E-state index in [2.05, 4.69) is 49.8 Å². The molecule has 24 heavy (non-hydrogen) atoms. The quantitative estimate of drug-likeness (QED) is 0.906. The van der Waals surface area contributed by atoms with Crippen LogP contribution in [0.5, 0.6) is 0 Å². The number of rotatable bonds is 4. The van der Waals surface area contributed by atoms with Crippen molar-refractivity contribution in [1.29, 1.82) is 0 Å². The van der Waals surface area contributed by atoms with Crippen LogP contribution in [0.1, 0.15) is 24.0 Å². The van der Waals surface area contributed by atoms with Gasteiger partial charge in [0.1, 0.15) is 5.82 Å². The minimum atomic E-state index is 0.426. The Morgan fingerprint density at radius 1 is 1.12 bits per heavy atom. The van der Waals surface area contributed by atoms with Crippen LogP contribution < -0.4 is 10.6 Å². The Labute approximate surface area is 143 Å². The fraction of sp³-hybridized carbons (Fsp3) is 0.474. The highest BCUT2D eigenvalue weighted by molar-refractivity contribution is 5.39. The summed E-state index contributed by atoms with van der Waals surface area (Å²) in [5.74, 6) is 1.58. The highest BCUT2D eigenvalue weighted by Gasteiger charge is 2.30. The molecule has 0 amide bonds. The van der Waals surface area contributed by atoms with Crippen LogP contribution in [0.4, 0.5) is 11.8 Å². The van der Waals surface area contributed by atoms with Crippen molar-refractivity contribution in [2.45, 2.75) is 37.8 Å². The van der Waals surface area contributed by atoms with Crippen LogP contribution in [-0.2, 0) is 12.8 Å². The predicted octanol–water partition coefficient (Wildman–Crippen LogP) is 2.56. The minimum absolute atomic E-state index is 0.426. The Hall–Kier alpha value is -2.14. The molecule has 1 aromatic carbocycles. The number of likely N-dealkylation sites (tertiary alicyclic amines) is 1. The molecule has 1 aromatic heterocycles. The Morgan fingerprint density at radius 2 is 1.92 bits per heavy atom. The van der Waals surface area contributed by atoms with E-state index in [9.17, 15) is 0 Å².